The van der Waals surface area contributed by atoms with Gasteiger partial charge >= 0.3 is 5.97 Å². The molecule has 2 N–H and O–H groups in total. The lowest BCUT2D eigenvalue weighted by atomic mass is 10.0. The summed E-state index contributed by atoms with van der Waals surface area (Å²) in [7, 11) is 0. The monoisotopic (exact) mass is 346 g/mol. The van der Waals surface area contributed by atoms with Crippen LogP contribution < -0.4 is 5.32 Å². The van der Waals surface area contributed by atoms with Crippen molar-refractivity contribution in [3.8, 4) is 0 Å². The zero-order valence-electron chi connectivity index (χ0n) is 14.8. The summed E-state index contributed by atoms with van der Waals surface area (Å²) >= 11 is 0. The molecule has 0 bridgehead atoms. The Balaban J connectivity index is 1.96. The van der Waals surface area contributed by atoms with Crippen molar-refractivity contribution < 1.29 is 19.5 Å². The van der Waals surface area contributed by atoms with Crippen molar-refractivity contribution >= 4 is 17.8 Å². The number of carboxylic acid groups (broad SMARTS) is 1. The van der Waals surface area contributed by atoms with Gasteiger partial charge < -0.3 is 15.3 Å². The number of aliphatic carboxylic acids is 1. The van der Waals surface area contributed by atoms with Crippen molar-refractivity contribution in [2.45, 2.75) is 51.6 Å². The average molecular weight is 346 g/mol. The Morgan fingerprint density at radius 2 is 1.92 bits per heavy atom. The fourth-order valence-electron chi connectivity index (χ4n) is 3.13. The SMILES string of the molecule is CC(C)[C@H](NC(=O)CCc1ccccc1)C(=O)N1CCC[C@H]1C(=O)O. The molecular weight excluding hydrogens is 320 g/mol. The highest BCUT2D eigenvalue weighted by molar-refractivity contribution is 5.91. The van der Waals surface area contributed by atoms with Crippen LogP contribution in [0.2, 0.25) is 0 Å². The predicted octanol–water partition coefficient (Wildman–Crippen LogP) is 1.84. The maximum absolute atomic E-state index is 12.8. The minimum absolute atomic E-state index is 0.108. The van der Waals surface area contributed by atoms with E-state index in [1.54, 1.807) is 0 Å². The summed E-state index contributed by atoms with van der Waals surface area (Å²) in [5.74, 6) is -1.58. The summed E-state index contributed by atoms with van der Waals surface area (Å²) in [6, 6.07) is 8.21. The zero-order chi connectivity index (χ0) is 18.4. The molecule has 25 heavy (non-hydrogen) atoms. The number of carboxylic acids is 1. The minimum atomic E-state index is -0.983. The van der Waals surface area contributed by atoms with Gasteiger partial charge in [-0.2, -0.15) is 0 Å². The van der Waals surface area contributed by atoms with E-state index in [0.29, 0.717) is 32.2 Å². The van der Waals surface area contributed by atoms with Crippen LogP contribution in [0.4, 0.5) is 0 Å². The van der Waals surface area contributed by atoms with Crippen LogP contribution in [0.15, 0.2) is 30.3 Å². The first-order valence-electron chi connectivity index (χ1n) is 8.76. The third-order valence-corrected chi connectivity index (χ3v) is 4.55. The number of rotatable bonds is 7. The van der Waals surface area contributed by atoms with Gasteiger partial charge in [0.2, 0.25) is 11.8 Å². The number of hydrogen-bond donors (Lipinski definition) is 2. The van der Waals surface area contributed by atoms with Crippen LogP contribution in [0.5, 0.6) is 0 Å². The second-order valence-electron chi connectivity index (χ2n) is 6.80. The van der Waals surface area contributed by atoms with Crippen LogP contribution in [0, 0.1) is 5.92 Å². The summed E-state index contributed by atoms with van der Waals surface area (Å²) < 4.78 is 0. The van der Waals surface area contributed by atoms with E-state index in [0.717, 1.165) is 5.56 Å². The van der Waals surface area contributed by atoms with Gasteiger partial charge in [0.25, 0.3) is 0 Å². The van der Waals surface area contributed by atoms with Crippen LogP contribution >= 0.6 is 0 Å². The van der Waals surface area contributed by atoms with Crippen molar-refractivity contribution in [2.75, 3.05) is 6.54 Å². The Hall–Kier alpha value is -2.37. The standard InChI is InChI=1S/C19H26N2O4/c1-13(2)17(18(23)21-12-6-9-15(21)19(24)25)20-16(22)11-10-14-7-4-3-5-8-14/h3-5,7-8,13,15,17H,6,9-12H2,1-2H3,(H,20,22)(H,24,25)/t15-,17-/m0/s1. The second kappa shape index (κ2) is 8.65. The average Bonchev–Trinajstić information content (AvgIpc) is 3.08. The molecule has 6 nitrogen and oxygen atoms in total. The molecule has 1 aromatic rings. The Bertz CT molecular complexity index is 615. The van der Waals surface area contributed by atoms with Gasteiger partial charge in [-0.15, -0.1) is 0 Å². The van der Waals surface area contributed by atoms with Gasteiger partial charge in [-0.3, -0.25) is 9.59 Å². The molecule has 0 aliphatic carbocycles. The molecule has 0 aromatic heterocycles. The van der Waals surface area contributed by atoms with E-state index < -0.39 is 18.1 Å². The van der Waals surface area contributed by atoms with Gasteiger partial charge in [0, 0.05) is 13.0 Å². The molecule has 2 atom stereocenters. The summed E-state index contributed by atoms with van der Waals surface area (Å²) in [6.45, 7) is 4.14. The van der Waals surface area contributed by atoms with Crippen LogP contribution in [-0.2, 0) is 20.8 Å². The summed E-state index contributed by atoms with van der Waals surface area (Å²) in [4.78, 5) is 37.7. The molecule has 2 amide bonds. The van der Waals surface area contributed by atoms with Gasteiger partial charge in [0.1, 0.15) is 12.1 Å². The third kappa shape index (κ3) is 5.05. The highest BCUT2D eigenvalue weighted by atomic mass is 16.4. The second-order valence-corrected chi connectivity index (χ2v) is 6.80. The third-order valence-electron chi connectivity index (χ3n) is 4.55. The van der Waals surface area contributed by atoms with Crippen molar-refractivity contribution in [1.29, 1.82) is 0 Å². The summed E-state index contributed by atoms with van der Waals surface area (Å²) in [5.41, 5.74) is 1.07. The van der Waals surface area contributed by atoms with Crippen molar-refractivity contribution in [3.05, 3.63) is 35.9 Å². The summed E-state index contributed by atoms with van der Waals surface area (Å²) in [5, 5.41) is 12.1. The van der Waals surface area contributed by atoms with Gasteiger partial charge in [-0.1, -0.05) is 44.2 Å². The first-order valence-corrected chi connectivity index (χ1v) is 8.76. The molecule has 0 unspecified atom stereocenters. The molecule has 1 saturated heterocycles. The van der Waals surface area contributed by atoms with E-state index >= 15 is 0 Å². The quantitative estimate of drug-likeness (QED) is 0.789. The molecule has 0 radical (unpaired) electrons. The first kappa shape index (κ1) is 19.0. The maximum atomic E-state index is 12.8. The Morgan fingerprint density at radius 3 is 2.52 bits per heavy atom. The van der Waals surface area contributed by atoms with Gasteiger partial charge in [-0.05, 0) is 30.7 Å². The number of benzene rings is 1. The largest absolute Gasteiger partial charge is 0.480 e. The fraction of sp³-hybridized carbons (Fsp3) is 0.526. The number of carbonyl (C=O) groups is 3. The van der Waals surface area contributed by atoms with E-state index in [-0.39, 0.29) is 17.7 Å². The lowest BCUT2D eigenvalue weighted by Gasteiger charge is -2.29. The normalized spacial score (nSPS) is 18.2. The number of carbonyl (C=O) groups excluding carboxylic acids is 2. The van der Waals surface area contributed by atoms with Gasteiger partial charge in [0.15, 0.2) is 0 Å². The van der Waals surface area contributed by atoms with Gasteiger partial charge in [-0.25, -0.2) is 4.79 Å². The van der Waals surface area contributed by atoms with E-state index in [1.165, 1.54) is 4.90 Å². The zero-order valence-corrected chi connectivity index (χ0v) is 14.8. The van der Waals surface area contributed by atoms with Crippen molar-refractivity contribution in [1.82, 2.24) is 10.2 Å². The molecule has 136 valence electrons. The minimum Gasteiger partial charge on any atom is -0.480 e. The van der Waals surface area contributed by atoms with E-state index in [2.05, 4.69) is 5.32 Å². The first-order chi connectivity index (χ1) is 11.9. The van der Waals surface area contributed by atoms with Gasteiger partial charge in [0.05, 0.1) is 0 Å². The molecule has 1 aliphatic rings. The molecule has 0 saturated carbocycles. The highest BCUT2D eigenvalue weighted by Gasteiger charge is 2.38. The van der Waals surface area contributed by atoms with Crippen LogP contribution in [-0.4, -0.2) is 46.4 Å². The number of likely N-dealkylation sites (tertiary alicyclic amines) is 1. The predicted molar refractivity (Wildman–Crippen MR) is 93.9 cm³/mol. The lowest BCUT2D eigenvalue weighted by molar-refractivity contribution is -0.149. The summed E-state index contributed by atoms with van der Waals surface area (Å²) in [6.07, 6.45) is 2.04. The Labute approximate surface area is 148 Å². The smallest absolute Gasteiger partial charge is 0.326 e. The van der Waals surface area contributed by atoms with E-state index in [1.807, 2.05) is 44.2 Å². The van der Waals surface area contributed by atoms with Crippen molar-refractivity contribution in [2.24, 2.45) is 5.92 Å². The molecule has 1 aliphatic heterocycles. The molecule has 6 heteroatoms. The molecule has 0 spiro atoms. The van der Waals surface area contributed by atoms with Crippen LogP contribution in [0.1, 0.15) is 38.7 Å². The molecule has 1 fully saturated rings. The van der Waals surface area contributed by atoms with Crippen LogP contribution in [0.3, 0.4) is 0 Å². The Morgan fingerprint density at radius 1 is 1.24 bits per heavy atom. The van der Waals surface area contributed by atoms with E-state index in [4.69, 9.17) is 0 Å². The number of nitrogens with zero attached hydrogens (tertiary/aromatic N) is 1. The maximum Gasteiger partial charge on any atom is 0.326 e. The molecular formula is C19H26N2O4. The number of hydrogen-bond acceptors (Lipinski definition) is 3. The topological polar surface area (TPSA) is 86.7 Å². The number of aryl methyl sites for hydroxylation is 1. The molecule has 1 heterocycles. The number of nitrogens with one attached hydrogen (secondary N) is 1. The van der Waals surface area contributed by atoms with E-state index in [9.17, 15) is 19.5 Å². The molecule has 2 rings (SSSR count). The van der Waals surface area contributed by atoms with Crippen LogP contribution in [0.25, 0.3) is 0 Å². The fourth-order valence-corrected chi connectivity index (χ4v) is 3.13. The highest BCUT2D eigenvalue weighted by Crippen LogP contribution is 2.20. The number of amides is 2. The Kier molecular flexibility index (Phi) is 6.56. The van der Waals surface area contributed by atoms with Crippen molar-refractivity contribution in [3.63, 3.8) is 0 Å². The lowest BCUT2D eigenvalue weighted by Crippen LogP contribution is -2.53. The molecule has 1 aromatic carbocycles.